The normalized spacial score (nSPS) is 11.6. The van der Waals surface area contributed by atoms with Crippen LogP contribution in [0.4, 0.5) is 5.69 Å². The van der Waals surface area contributed by atoms with Crippen molar-refractivity contribution in [3.05, 3.63) is 45.9 Å². The van der Waals surface area contributed by atoms with Crippen LogP contribution in [0, 0.1) is 0 Å². The maximum absolute atomic E-state index is 5.99. The van der Waals surface area contributed by atoms with Crippen LogP contribution in [0.15, 0.2) is 34.8 Å². The van der Waals surface area contributed by atoms with Crippen LogP contribution >= 0.6 is 11.3 Å². The average molecular weight is 288 g/mol. The van der Waals surface area contributed by atoms with Gasteiger partial charge in [-0.05, 0) is 24.0 Å². The van der Waals surface area contributed by atoms with Crippen molar-refractivity contribution in [1.82, 2.24) is 4.98 Å². The van der Waals surface area contributed by atoms with E-state index >= 15 is 0 Å². The molecule has 0 saturated heterocycles. The molecule has 4 nitrogen and oxygen atoms in total. The first-order valence-electron chi connectivity index (χ1n) is 6.80. The van der Waals surface area contributed by atoms with Gasteiger partial charge in [0, 0.05) is 17.3 Å². The molecule has 2 aromatic rings. The van der Waals surface area contributed by atoms with Gasteiger partial charge >= 0.3 is 0 Å². The van der Waals surface area contributed by atoms with E-state index in [0.29, 0.717) is 12.5 Å². The van der Waals surface area contributed by atoms with Gasteiger partial charge in [0.15, 0.2) is 5.96 Å². The minimum atomic E-state index is 0.441. The number of hydrogen-bond donors (Lipinski definition) is 2. The zero-order chi connectivity index (χ0) is 14.4. The number of aromatic nitrogens is 1. The lowest BCUT2D eigenvalue weighted by atomic mass is 10.0. The summed E-state index contributed by atoms with van der Waals surface area (Å²) in [7, 11) is 0. The van der Waals surface area contributed by atoms with E-state index in [-0.39, 0.29) is 0 Å². The van der Waals surface area contributed by atoms with Crippen molar-refractivity contribution in [2.75, 3.05) is 5.32 Å². The van der Waals surface area contributed by atoms with E-state index in [9.17, 15) is 0 Å². The lowest BCUT2D eigenvalue weighted by Gasteiger charge is -2.14. The minimum absolute atomic E-state index is 0.441. The number of aryl methyl sites for hydroxylation is 2. The highest BCUT2D eigenvalue weighted by atomic mass is 32.1. The van der Waals surface area contributed by atoms with Crippen LogP contribution in [0.2, 0.25) is 0 Å². The molecule has 0 fully saturated rings. The van der Waals surface area contributed by atoms with E-state index in [1.807, 2.05) is 5.38 Å². The Kier molecular flexibility index (Phi) is 5.12. The molecule has 0 bridgehead atoms. The molecule has 20 heavy (non-hydrogen) atoms. The van der Waals surface area contributed by atoms with Gasteiger partial charge in [0.25, 0.3) is 0 Å². The van der Waals surface area contributed by atoms with Crippen LogP contribution < -0.4 is 11.1 Å². The quantitative estimate of drug-likeness (QED) is 0.656. The molecule has 1 aromatic heterocycles. The molecule has 5 heteroatoms. The summed E-state index contributed by atoms with van der Waals surface area (Å²) in [4.78, 5) is 8.53. The summed E-state index contributed by atoms with van der Waals surface area (Å²) in [5, 5.41) is 6.16. The first-order valence-corrected chi connectivity index (χ1v) is 7.68. The SMILES string of the molecule is CCc1cccc(CC)c1NC(N)=NCc1nccs1. The molecule has 0 aliphatic heterocycles. The number of benzene rings is 1. The number of hydrogen-bond acceptors (Lipinski definition) is 3. The summed E-state index contributed by atoms with van der Waals surface area (Å²) in [6.45, 7) is 4.80. The third-order valence-corrected chi connectivity index (χ3v) is 3.88. The lowest BCUT2D eigenvalue weighted by Crippen LogP contribution is -2.24. The summed E-state index contributed by atoms with van der Waals surface area (Å²) in [6, 6.07) is 6.33. The van der Waals surface area contributed by atoms with Crippen molar-refractivity contribution >= 4 is 23.0 Å². The highest BCUT2D eigenvalue weighted by Crippen LogP contribution is 2.22. The predicted octanol–water partition coefficient (Wildman–Crippen LogP) is 3.19. The zero-order valence-corrected chi connectivity index (χ0v) is 12.7. The van der Waals surface area contributed by atoms with Crippen molar-refractivity contribution in [1.29, 1.82) is 0 Å². The van der Waals surface area contributed by atoms with Crippen LogP contribution in [0.25, 0.3) is 0 Å². The summed E-state index contributed by atoms with van der Waals surface area (Å²) < 4.78 is 0. The molecule has 0 atom stereocenters. The highest BCUT2D eigenvalue weighted by molar-refractivity contribution is 7.09. The van der Waals surface area contributed by atoms with E-state index in [1.165, 1.54) is 11.1 Å². The van der Waals surface area contributed by atoms with Crippen molar-refractivity contribution in [2.45, 2.75) is 33.2 Å². The van der Waals surface area contributed by atoms with Gasteiger partial charge in [-0.15, -0.1) is 11.3 Å². The first kappa shape index (κ1) is 14.5. The predicted molar refractivity (Wildman–Crippen MR) is 86.3 cm³/mol. The topological polar surface area (TPSA) is 63.3 Å². The van der Waals surface area contributed by atoms with Gasteiger partial charge in [-0.3, -0.25) is 0 Å². The number of aliphatic imine (C=N–C) groups is 1. The average Bonchev–Trinajstić information content (AvgIpc) is 2.98. The van der Waals surface area contributed by atoms with Gasteiger partial charge < -0.3 is 11.1 Å². The van der Waals surface area contributed by atoms with Crippen molar-refractivity contribution in [3.8, 4) is 0 Å². The maximum Gasteiger partial charge on any atom is 0.193 e. The molecule has 106 valence electrons. The third kappa shape index (κ3) is 3.57. The molecule has 0 aliphatic rings. The van der Waals surface area contributed by atoms with E-state index in [4.69, 9.17) is 5.73 Å². The summed E-state index contributed by atoms with van der Waals surface area (Å²) in [5.41, 5.74) is 9.60. The van der Waals surface area contributed by atoms with Gasteiger partial charge in [-0.25, -0.2) is 9.98 Å². The van der Waals surface area contributed by atoms with Crippen molar-refractivity contribution in [3.63, 3.8) is 0 Å². The van der Waals surface area contributed by atoms with Crippen LogP contribution in [0.1, 0.15) is 30.0 Å². The fourth-order valence-electron chi connectivity index (χ4n) is 2.05. The Bertz CT molecular complexity index is 553. The Balaban J connectivity index is 2.14. The van der Waals surface area contributed by atoms with E-state index in [1.54, 1.807) is 17.5 Å². The van der Waals surface area contributed by atoms with Gasteiger partial charge in [-0.2, -0.15) is 0 Å². The van der Waals surface area contributed by atoms with Crippen LogP contribution in [-0.2, 0) is 19.4 Å². The highest BCUT2D eigenvalue weighted by Gasteiger charge is 2.07. The molecule has 0 spiro atoms. The van der Waals surface area contributed by atoms with Gasteiger partial charge in [0.1, 0.15) is 5.01 Å². The molecule has 0 amide bonds. The summed E-state index contributed by atoms with van der Waals surface area (Å²) in [5.74, 6) is 0.441. The second kappa shape index (κ2) is 7.05. The zero-order valence-electron chi connectivity index (χ0n) is 11.9. The molecule has 1 aromatic carbocycles. The fourth-order valence-corrected chi connectivity index (χ4v) is 2.59. The Morgan fingerprint density at radius 2 is 2.00 bits per heavy atom. The number of thiazole rings is 1. The lowest BCUT2D eigenvalue weighted by molar-refractivity contribution is 1.03. The Hall–Kier alpha value is -1.88. The molecule has 2 rings (SSSR count). The molecule has 3 N–H and O–H groups in total. The van der Waals surface area contributed by atoms with Crippen molar-refractivity contribution in [2.24, 2.45) is 10.7 Å². The Morgan fingerprint density at radius 3 is 2.55 bits per heavy atom. The molecule has 1 heterocycles. The fraction of sp³-hybridized carbons (Fsp3) is 0.333. The number of nitrogens with one attached hydrogen (secondary N) is 1. The standard InChI is InChI=1S/C15H20N4S/c1-3-11-6-5-7-12(4-2)14(11)19-15(16)18-10-13-17-8-9-20-13/h5-9H,3-4,10H2,1-2H3,(H3,16,18,19). The van der Waals surface area contributed by atoms with Crippen LogP contribution in [0.5, 0.6) is 0 Å². The third-order valence-electron chi connectivity index (χ3n) is 3.12. The number of rotatable bonds is 5. The monoisotopic (exact) mass is 288 g/mol. The molecule has 0 saturated carbocycles. The van der Waals surface area contributed by atoms with Crippen LogP contribution in [-0.4, -0.2) is 10.9 Å². The molecule has 0 unspecified atom stereocenters. The number of anilines is 1. The van der Waals surface area contributed by atoms with Gasteiger partial charge in [0.05, 0.1) is 6.54 Å². The maximum atomic E-state index is 5.99. The smallest absolute Gasteiger partial charge is 0.193 e. The number of guanidine groups is 1. The second-order valence-electron chi connectivity index (χ2n) is 4.41. The summed E-state index contributed by atoms with van der Waals surface area (Å²) in [6.07, 6.45) is 3.71. The summed E-state index contributed by atoms with van der Waals surface area (Å²) >= 11 is 1.58. The Morgan fingerprint density at radius 1 is 1.30 bits per heavy atom. The van der Waals surface area contributed by atoms with E-state index in [0.717, 1.165) is 23.5 Å². The molecular formula is C15H20N4S. The van der Waals surface area contributed by atoms with E-state index in [2.05, 4.69) is 47.3 Å². The van der Waals surface area contributed by atoms with Gasteiger partial charge in [0.2, 0.25) is 0 Å². The number of nitrogens with two attached hydrogens (primary N) is 1. The molecular weight excluding hydrogens is 268 g/mol. The first-order chi connectivity index (χ1) is 9.74. The van der Waals surface area contributed by atoms with Gasteiger partial charge in [-0.1, -0.05) is 32.0 Å². The second-order valence-corrected chi connectivity index (χ2v) is 5.39. The van der Waals surface area contributed by atoms with Crippen LogP contribution in [0.3, 0.4) is 0 Å². The Labute approximate surface area is 123 Å². The largest absolute Gasteiger partial charge is 0.370 e. The number of nitrogens with zero attached hydrogens (tertiary/aromatic N) is 2. The molecule has 0 radical (unpaired) electrons. The number of para-hydroxylation sites is 1. The van der Waals surface area contributed by atoms with E-state index < -0.39 is 0 Å². The van der Waals surface area contributed by atoms with Crippen molar-refractivity contribution < 1.29 is 0 Å². The minimum Gasteiger partial charge on any atom is -0.370 e. The molecule has 0 aliphatic carbocycles.